The lowest BCUT2D eigenvalue weighted by molar-refractivity contribution is 0.928. The molecule has 0 bridgehead atoms. The van der Waals surface area contributed by atoms with Gasteiger partial charge in [0.1, 0.15) is 0 Å². The third-order valence-corrected chi connectivity index (χ3v) is 14.9. The summed E-state index contributed by atoms with van der Waals surface area (Å²) in [6.07, 6.45) is 13.9. The summed E-state index contributed by atoms with van der Waals surface area (Å²) in [5.74, 6) is 0. The minimum atomic E-state index is 0.857. The number of hydrogen-bond acceptors (Lipinski definition) is 1. The fourth-order valence-electron chi connectivity index (χ4n) is 11.8. The van der Waals surface area contributed by atoms with E-state index in [-0.39, 0.29) is 0 Å². The second-order valence-electron chi connectivity index (χ2n) is 18.8. The van der Waals surface area contributed by atoms with Gasteiger partial charge in [0.25, 0.3) is 0 Å². The first-order valence-corrected chi connectivity index (χ1v) is 24.5. The van der Waals surface area contributed by atoms with Crippen molar-refractivity contribution in [1.82, 2.24) is 9.13 Å². The van der Waals surface area contributed by atoms with Crippen LogP contribution in [0.5, 0.6) is 0 Å². The summed E-state index contributed by atoms with van der Waals surface area (Å²) in [5.41, 5.74) is 21.9. The van der Waals surface area contributed by atoms with Crippen molar-refractivity contribution in [3.05, 3.63) is 282 Å². The molecule has 3 heteroatoms. The minimum Gasteiger partial charge on any atom is -0.314 e. The first kappa shape index (κ1) is 40.2. The Balaban J connectivity index is 1.02. The number of nitrogens with zero attached hydrogens (tertiary/aromatic N) is 3. The molecule has 9 aromatic carbocycles. The van der Waals surface area contributed by atoms with Crippen LogP contribution in [-0.4, -0.2) is 9.13 Å². The van der Waals surface area contributed by atoms with Crippen LogP contribution in [0.3, 0.4) is 0 Å². The quantitative estimate of drug-likeness (QED) is 0.168. The molecule has 0 N–H and O–H groups in total. The van der Waals surface area contributed by atoms with Gasteiger partial charge in [-0.05, 0) is 159 Å². The molecule has 0 radical (unpaired) electrons. The molecule has 3 aliphatic rings. The van der Waals surface area contributed by atoms with Gasteiger partial charge in [0.05, 0.1) is 22.1 Å². The fraction of sp³-hybridized carbons (Fsp3) is 0.0448. The normalized spacial score (nSPS) is 16.5. The van der Waals surface area contributed by atoms with Crippen molar-refractivity contribution in [3.63, 3.8) is 0 Å². The Labute approximate surface area is 407 Å². The Hall–Kier alpha value is -8.92. The van der Waals surface area contributed by atoms with Crippen LogP contribution in [0, 0.1) is 0 Å². The molecule has 0 amide bonds. The highest BCUT2D eigenvalue weighted by Crippen LogP contribution is 2.53. The SMILES string of the molecule is C=C1/C=C\C=C/Cc2ccccc2/C1=C1/C2=C(CCC(N(c3ccc4c(c3)c3ccccc3n4-c3ccccc3)c3ccc4c(c3)c3ccccc3n4-c3ccc4ccccc4c3)=C2)c2ccccc21. The Morgan fingerprint density at radius 3 is 1.77 bits per heavy atom. The second kappa shape index (κ2) is 16.1. The Bertz CT molecular complexity index is 4160. The van der Waals surface area contributed by atoms with Crippen molar-refractivity contribution < 1.29 is 0 Å². The summed E-state index contributed by atoms with van der Waals surface area (Å²) in [5, 5.41) is 7.38. The van der Waals surface area contributed by atoms with Crippen LogP contribution >= 0.6 is 0 Å². The summed E-state index contributed by atoms with van der Waals surface area (Å²) in [4.78, 5) is 2.56. The molecule has 0 fully saturated rings. The summed E-state index contributed by atoms with van der Waals surface area (Å²) in [6, 6.07) is 76.1. The molecule has 0 saturated carbocycles. The van der Waals surface area contributed by atoms with Gasteiger partial charge in [0.15, 0.2) is 0 Å². The molecule has 3 aliphatic carbocycles. The molecule has 70 heavy (non-hydrogen) atoms. The van der Waals surface area contributed by atoms with Gasteiger partial charge in [-0.3, -0.25) is 0 Å². The van der Waals surface area contributed by atoms with Gasteiger partial charge < -0.3 is 14.0 Å². The van der Waals surface area contributed by atoms with Gasteiger partial charge in [-0.25, -0.2) is 0 Å². The van der Waals surface area contributed by atoms with E-state index in [1.807, 2.05) is 0 Å². The maximum Gasteiger partial charge on any atom is 0.0542 e. The number of aromatic nitrogens is 2. The molecule has 330 valence electrons. The molecule has 0 spiro atoms. The molecule has 0 atom stereocenters. The topological polar surface area (TPSA) is 13.1 Å². The van der Waals surface area contributed by atoms with Gasteiger partial charge in [0, 0.05) is 50.0 Å². The smallest absolute Gasteiger partial charge is 0.0542 e. The number of anilines is 2. The first-order chi connectivity index (χ1) is 34.7. The first-order valence-electron chi connectivity index (χ1n) is 24.5. The van der Waals surface area contributed by atoms with Crippen molar-refractivity contribution >= 4 is 82.5 Å². The fourth-order valence-corrected chi connectivity index (χ4v) is 11.8. The van der Waals surface area contributed by atoms with Crippen molar-refractivity contribution in [2.75, 3.05) is 4.90 Å². The predicted molar refractivity (Wildman–Crippen MR) is 296 cm³/mol. The largest absolute Gasteiger partial charge is 0.314 e. The molecule has 2 heterocycles. The lowest BCUT2D eigenvalue weighted by Gasteiger charge is -2.31. The van der Waals surface area contributed by atoms with Crippen LogP contribution in [0.25, 0.3) is 82.5 Å². The highest BCUT2D eigenvalue weighted by Gasteiger charge is 2.33. The van der Waals surface area contributed by atoms with Gasteiger partial charge in [-0.1, -0.05) is 164 Å². The monoisotopic (exact) mass is 893 g/mol. The van der Waals surface area contributed by atoms with E-state index in [1.165, 1.54) is 105 Å². The predicted octanol–water partition coefficient (Wildman–Crippen LogP) is 17.5. The van der Waals surface area contributed by atoms with Crippen LogP contribution in [0.4, 0.5) is 11.4 Å². The number of para-hydroxylation sites is 3. The molecule has 11 aromatic rings. The zero-order chi connectivity index (χ0) is 46.3. The lowest BCUT2D eigenvalue weighted by Crippen LogP contribution is -2.18. The maximum absolute atomic E-state index is 4.78. The number of rotatable bonds is 5. The second-order valence-corrected chi connectivity index (χ2v) is 18.8. The molecular formula is C67H47N3. The average molecular weight is 894 g/mol. The molecular weight excluding hydrogens is 847 g/mol. The van der Waals surface area contributed by atoms with Crippen molar-refractivity contribution in [2.45, 2.75) is 19.3 Å². The maximum atomic E-state index is 4.78. The van der Waals surface area contributed by atoms with E-state index in [1.54, 1.807) is 0 Å². The summed E-state index contributed by atoms with van der Waals surface area (Å²) >= 11 is 0. The Kier molecular flexibility index (Phi) is 9.25. The molecule has 0 saturated heterocycles. The van der Waals surface area contributed by atoms with Gasteiger partial charge in [-0.2, -0.15) is 0 Å². The Morgan fingerprint density at radius 1 is 0.429 bits per heavy atom. The van der Waals surface area contributed by atoms with Crippen LogP contribution in [0.1, 0.15) is 35.1 Å². The van der Waals surface area contributed by atoms with Crippen LogP contribution in [-0.2, 0) is 6.42 Å². The van der Waals surface area contributed by atoms with Crippen LogP contribution in [0.15, 0.2) is 260 Å². The molecule has 0 unspecified atom stereocenters. The highest BCUT2D eigenvalue weighted by atomic mass is 15.2. The zero-order valence-electron chi connectivity index (χ0n) is 38.7. The van der Waals surface area contributed by atoms with E-state index >= 15 is 0 Å². The third kappa shape index (κ3) is 6.28. The Morgan fingerprint density at radius 2 is 1.03 bits per heavy atom. The summed E-state index contributed by atoms with van der Waals surface area (Å²) in [6.45, 7) is 4.78. The summed E-state index contributed by atoms with van der Waals surface area (Å²) in [7, 11) is 0. The zero-order valence-corrected chi connectivity index (χ0v) is 38.7. The number of fused-ring (bicyclic) bond motifs is 10. The molecule has 3 nitrogen and oxygen atoms in total. The van der Waals surface area contributed by atoms with E-state index in [2.05, 4.69) is 251 Å². The average Bonchev–Trinajstić information content (AvgIpc) is 4.06. The highest BCUT2D eigenvalue weighted by molar-refractivity contribution is 6.16. The molecule has 0 aliphatic heterocycles. The third-order valence-electron chi connectivity index (χ3n) is 14.9. The van der Waals surface area contributed by atoms with Crippen molar-refractivity contribution in [2.24, 2.45) is 0 Å². The van der Waals surface area contributed by atoms with E-state index in [4.69, 9.17) is 6.58 Å². The van der Waals surface area contributed by atoms with E-state index in [9.17, 15) is 0 Å². The van der Waals surface area contributed by atoms with Crippen LogP contribution < -0.4 is 4.90 Å². The van der Waals surface area contributed by atoms with E-state index < -0.39 is 0 Å². The molecule has 2 aromatic heterocycles. The van der Waals surface area contributed by atoms with Crippen LogP contribution in [0.2, 0.25) is 0 Å². The van der Waals surface area contributed by atoms with Gasteiger partial charge in [-0.15, -0.1) is 0 Å². The number of benzene rings is 9. The van der Waals surface area contributed by atoms with Crippen molar-refractivity contribution in [1.29, 1.82) is 0 Å². The summed E-state index contributed by atoms with van der Waals surface area (Å²) < 4.78 is 4.84. The van der Waals surface area contributed by atoms with Gasteiger partial charge in [0.2, 0.25) is 0 Å². The number of allylic oxidation sites excluding steroid dienone is 11. The van der Waals surface area contributed by atoms with Crippen molar-refractivity contribution in [3.8, 4) is 11.4 Å². The molecule has 14 rings (SSSR count). The minimum absolute atomic E-state index is 0.857. The lowest BCUT2D eigenvalue weighted by atomic mass is 9.84. The van der Waals surface area contributed by atoms with E-state index in [0.717, 1.165) is 47.6 Å². The standard InChI is InChI=1S/C67H47N3/c1-44-18-4-2-5-20-46-21-10-11-25-53(46)66(44)67-58-29-13-12-26-54(58)55-37-34-50(43-61(55)67)68(51-35-38-64-59(41-51)56-27-14-16-30-62(56)69(64)48-23-6-3-7-24-48)52-36-39-65-60(42-52)57-28-15-17-31-63(57)70(65)49-33-32-45-19-8-9-22-47(45)40-49/h2-19,21-33,35-36,38-43H,1,20,34,37H2/b5-2-,18-4-,67-66+. The van der Waals surface area contributed by atoms with E-state index in [0.29, 0.717) is 0 Å². The van der Waals surface area contributed by atoms with Gasteiger partial charge >= 0.3 is 0 Å². The number of hydrogen-bond donors (Lipinski definition) is 0.